The van der Waals surface area contributed by atoms with Gasteiger partial charge in [-0.15, -0.1) is 0 Å². The second-order valence-electron chi connectivity index (χ2n) is 10.2. The molecule has 0 aliphatic carbocycles. The lowest BCUT2D eigenvalue weighted by atomic mass is 10.1. The molecule has 49 heavy (non-hydrogen) atoms. The number of ether oxygens (including phenoxy) is 8. The number of esters is 1. The minimum Gasteiger partial charge on any atom is -0.493 e. The Morgan fingerprint density at radius 1 is 0.735 bits per heavy atom. The second-order valence-corrected chi connectivity index (χ2v) is 10.2. The number of fused-ring (bicyclic) bond motifs is 1. The molecule has 13 nitrogen and oxygen atoms in total. The molecule has 4 aromatic carbocycles. The van der Waals surface area contributed by atoms with Crippen LogP contribution < -0.4 is 43.5 Å². The van der Waals surface area contributed by atoms with E-state index in [1.165, 1.54) is 65.7 Å². The highest BCUT2D eigenvalue weighted by Crippen LogP contribution is 2.41. The standard InChI is InChI=1S/C36H35N3O10/c1-8-48-27-15-21(13-14-26(27)49-36(41)23-18-30(44-4)33(47-7)31(19-23)45-5)20-37-39-34(38-25-12-10-9-11-24(25)35(39)40)22-16-28(42-2)32(46-6)29(17-22)43-3/h9-20H,8H2,1-7H3. The van der Waals surface area contributed by atoms with Gasteiger partial charge in [0.25, 0.3) is 5.56 Å². The van der Waals surface area contributed by atoms with E-state index < -0.39 is 11.5 Å². The predicted octanol–water partition coefficient (Wildman–Crippen LogP) is 5.62. The molecular weight excluding hydrogens is 634 g/mol. The van der Waals surface area contributed by atoms with Crippen molar-refractivity contribution in [3.63, 3.8) is 0 Å². The first kappa shape index (κ1) is 34.1. The minimum atomic E-state index is -0.676. The lowest BCUT2D eigenvalue weighted by molar-refractivity contribution is 0.0727. The molecule has 254 valence electrons. The molecule has 0 radical (unpaired) electrons. The van der Waals surface area contributed by atoms with E-state index in [1.807, 2.05) is 0 Å². The summed E-state index contributed by atoms with van der Waals surface area (Å²) in [5.74, 6) is 2.10. The molecule has 0 aliphatic heterocycles. The molecule has 0 unspecified atom stereocenters. The monoisotopic (exact) mass is 669 g/mol. The van der Waals surface area contributed by atoms with Crippen LogP contribution in [0.5, 0.6) is 46.0 Å². The highest BCUT2D eigenvalue weighted by Gasteiger charge is 2.21. The largest absolute Gasteiger partial charge is 0.493 e. The molecular formula is C36H35N3O10. The van der Waals surface area contributed by atoms with Gasteiger partial charge in [0.15, 0.2) is 40.3 Å². The fourth-order valence-electron chi connectivity index (χ4n) is 5.07. The zero-order chi connectivity index (χ0) is 35.1. The van der Waals surface area contributed by atoms with Crippen LogP contribution in [0.3, 0.4) is 0 Å². The van der Waals surface area contributed by atoms with Crippen LogP contribution in [0, 0.1) is 0 Å². The Labute approximate surface area is 282 Å². The molecule has 0 amide bonds. The summed E-state index contributed by atoms with van der Waals surface area (Å²) in [5, 5.41) is 4.93. The first-order valence-corrected chi connectivity index (χ1v) is 15.0. The number of carbonyl (C=O) groups excluding carboxylic acids is 1. The third-order valence-electron chi connectivity index (χ3n) is 7.37. The zero-order valence-corrected chi connectivity index (χ0v) is 28.1. The average Bonchev–Trinajstić information content (AvgIpc) is 3.13. The number of carbonyl (C=O) groups is 1. The van der Waals surface area contributed by atoms with Gasteiger partial charge in [0, 0.05) is 5.56 Å². The van der Waals surface area contributed by atoms with E-state index in [0.717, 1.165) is 0 Å². The maximum Gasteiger partial charge on any atom is 0.343 e. The molecule has 13 heteroatoms. The number of methoxy groups -OCH3 is 6. The summed E-state index contributed by atoms with van der Waals surface area (Å²) < 4.78 is 45.3. The number of hydrogen-bond donors (Lipinski definition) is 0. The van der Waals surface area contributed by atoms with Crippen molar-refractivity contribution in [3.8, 4) is 57.4 Å². The van der Waals surface area contributed by atoms with Crippen molar-refractivity contribution >= 4 is 23.1 Å². The molecule has 0 atom stereocenters. The van der Waals surface area contributed by atoms with Crippen molar-refractivity contribution in [2.75, 3.05) is 49.3 Å². The summed E-state index contributed by atoms with van der Waals surface area (Å²) in [4.78, 5) is 31.8. The maximum absolute atomic E-state index is 13.8. The Kier molecular flexibility index (Phi) is 10.5. The number of nitrogens with zero attached hydrogens (tertiary/aromatic N) is 3. The smallest absolute Gasteiger partial charge is 0.343 e. The van der Waals surface area contributed by atoms with E-state index in [2.05, 4.69) is 5.10 Å². The summed E-state index contributed by atoms with van der Waals surface area (Å²) in [7, 11) is 8.89. The molecule has 0 aliphatic rings. The van der Waals surface area contributed by atoms with Gasteiger partial charge in [-0.1, -0.05) is 12.1 Å². The van der Waals surface area contributed by atoms with Crippen LogP contribution in [0.25, 0.3) is 22.3 Å². The Bertz CT molecular complexity index is 2040. The van der Waals surface area contributed by atoms with Gasteiger partial charge in [0.2, 0.25) is 11.5 Å². The average molecular weight is 670 g/mol. The van der Waals surface area contributed by atoms with Gasteiger partial charge in [-0.25, -0.2) is 9.78 Å². The van der Waals surface area contributed by atoms with Crippen LogP contribution >= 0.6 is 0 Å². The van der Waals surface area contributed by atoms with E-state index in [9.17, 15) is 9.59 Å². The Morgan fingerprint density at radius 2 is 1.33 bits per heavy atom. The quantitative estimate of drug-likeness (QED) is 0.0878. The topological polar surface area (TPSA) is 138 Å². The van der Waals surface area contributed by atoms with Crippen LogP contribution in [-0.2, 0) is 0 Å². The Balaban J connectivity index is 1.55. The number of aromatic nitrogens is 2. The van der Waals surface area contributed by atoms with Crippen LogP contribution in [0.15, 0.2) is 76.6 Å². The summed E-state index contributed by atoms with van der Waals surface area (Å²) in [6.07, 6.45) is 1.48. The first-order chi connectivity index (χ1) is 23.8. The molecule has 0 saturated heterocycles. The van der Waals surface area contributed by atoms with Crippen molar-refractivity contribution in [2.24, 2.45) is 5.10 Å². The molecule has 1 aromatic heterocycles. The van der Waals surface area contributed by atoms with Crippen molar-refractivity contribution in [2.45, 2.75) is 6.92 Å². The lowest BCUT2D eigenvalue weighted by Crippen LogP contribution is -2.20. The van der Waals surface area contributed by atoms with Crippen molar-refractivity contribution in [1.82, 2.24) is 9.66 Å². The SMILES string of the molecule is CCOc1cc(C=Nn2c(-c3cc(OC)c(OC)c(OC)c3)nc3ccccc3c2=O)ccc1OC(=O)c1cc(OC)c(OC)c(OC)c1. The summed E-state index contributed by atoms with van der Waals surface area (Å²) in [6.45, 7) is 2.09. The van der Waals surface area contributed by atoms with Gasteiger partial charge in [-0.2, -0.15) is 9.78 Å². The van der Waals surface area contributed by atoms with Gasteiger partial charge >= 0.3 is 5.97 Å². The van der Waals surface area contributed by atoms with Crippen LogP contribution in [-0.4, -0.2) is 71.1 Å². The summed E-state index contributed by atoms with van der Waals surface area (Å²) in [5.41, 5.74) is 1.31. The van der Waals surface area contributed by atoms with E-state index >= 15 is 0 Å². The highest BCUT2D eigenvalue weighted by molar-refractivity contribution is 5.93. The normalized spacial score (nSPS) is 10.9. The predicted molar refractivity (Wildman–Crippen MR) is 183 cm³/mol. The Hall–Kier alpha value is -6.24. The van der Waals surface area contributed by atoms with E-state index in [1.54, 1.807) is 61.5 Å². The number of hydrogen-bond acceptors (Lipinski definition) is 12. The van der Waals surface area contributed by atoms with Gasteiger partial charge in [0.1, 0.15) is 0 Å². The first-order valence-electron chi connectivity index (χ1n) is 15.0. The maximum atomic E-state index is 13.8. The Morgan fingerprint density at radius 3 is 1.90 bits per heavy atom. The summed E-state index contributed by atoms with van der Waals surface area (Å²) in [6, 6.07) is 18.2. The third kappa shape index (κ3) is 6.91. The van der Waals surface area contributed by atoms with Gasteiger partial charge < -0.3 is 37.9 Å². The fraction of sp³-hybridized carbons (Fsp3) is 0.222. The molecule has 5 aromatic rings. The van der Waals surface area contributed by atoms with E-state index in [4.69, 9.17) is 42.9 Å². The van der Waals surface area contributed by atoms with Gasteiger partial charge in [-0.3, -0.25) is 4.79 Å². The molecule has 0 N–H and O–H groups in total. The van der Waals surface area contributed by atoms with Crippen molar-refractivity contribution in [1.29, 1.82) is 0 Å². The molecule has 0 spiro atoms. The third-order valence-corrected chi connectivity index (χ3v) is 7.37. The second kappa shape index (κ2) is 15.1. The molecule has 0 fully saturated rings. The van der Waals surface area contributed by atoms with Crippen LogP contribution in [0.2, 0.25) is 0 Å². The summed E-state index contributed by atoms with van der Waals surface area (Å²) >= 11 is 0. The van der Waals surface area contributed by atoms with Crippen molar-refractivity contribution < 1.29 is 42.7 Å². The molecule has 0 bridgehead atoms. The van der Waals surface area contributed by atoms with Crippen molar-refractivity contribution in [3.05, 3.63) is 88.2 Å². The molecule has 0 saturated carbocycles. The van der Waals surface area contributed by atoms with E-state index in [0.29, 0.717) is 56.5 Å². The number of rotatable bonds is 13. The molecule has 1 heterocycles. The zero-order valence-electron chi connectivity index (χ0n) is 28.1. The van der Waals surface area contributed by atoms with Gasteiger partial charge in [-0.05, 0) is 67.1 Å². The highest BCUT2D eigenvalue weighted by atomic mass is 16.6. The lowest BCUT2D eigenvalue weighted by Gasteiger charge is -2.15. The fourth-order valence-corrected chi connectivity index (χ4v) is 5.07. The number of benzene rings is 4. The molecule has 5 rings (SSSR count). The minimum absolute atomic E-state index is 0.167. The van der Waals surface area contributed by atoms with E-state index in [-0.39, 0.29) is 29.5 Å². The van der Waals surface area contributed by atoms with Gasteiger partial charge in [0.05, 0.1) is 71.9 Å². The van der Waals surface area contributed by atoms with Crippen LogP contribution in [0.4, 0.5) is 0 Å². The number of para-hydroxylation sites is 1. The van der Waals surface area contributed by atoms with Crippen LogP contribution in [0.1, 0.15) is 22.8 Å².